The Morgan fingerprint density at radius 3 is 2.79 bits per heavy atom. The quantitative estimate of drug-likeness (QED) is 0.797. The largest absolute Gasteiger partial charge is 0.244 e. The summed E-state index contributed by atoms with van der Waals surface area (Å²) in [6.45, 7) is 2.59. The van der Waals surface area contributed by atoms with Crippen LogP contribution in [0.4, 0.5) is 0 Å². The van der Waals surface area contributed by atoms with E-state index in [1.807, 2.05) is 24.4 Å². The summed E-state index contributed by atoms with van der Waals surface area (Å²) < 4.78 is 26.4. The Hall–Kier alpha value is -0.950. The Labute approximate surface area is 121 Å². The highest BCUT2D eigenvalue weighted by molar-refractivity contribution is 7.89. The second-order valence-corrected chi connectivity index (χ2v) is 7.18. The zero-order chi connectivity index (χ0) is 13.9. The molecule has 0 saturated heterocycles. The van der Waals surface area contributed by atoms with Gasteiger partial charge in [-0.1, -0.05) is 24.6 Å². The predicted molar refractivity (Wildman–Crippen MR) is 76.8 cm³/mol. The van der Waals surface area contributed by atoms with E-state index in [0.29, 0.717) is 13.1 Å². The Balaban J connectivity index is 2.31. The van der Waals surface area contributed by atoms with E-state index in [1.54, 1.807) is 0 Å². The van der Waals surface area contributed by atoms with Crippen LogP contribution < -0.4 is 0 Å². The lowest BCUT2D eigenvalue weighted by molar-refractivity contribution is 0.426. The van der Waals surface area contributed by atoms with Crippen LogP contribution in [0, 0.1) is 0 Å². The topological polar surface area (TPSA) is 50.3 Å². The molecule has 0 aliphatic heterocycles. The summed E-state index contributed by atoms with van der Waals surface area (Å²) >= 11 is 7.29. The van der Waals surface area contributed by atoms with Crippen molar-refractivity contribution in [3.8, 4) is 0 Å². The van der Waals surface area contributed by atoms with E-state index in [1.165, 1.54) is 34.0 Å². The molecule has 19 heavy (non-hydrogen) atoms. The number of hydrogen-bond acceptors (Lipinski definition) is 4. The molecule has 0 N–H and O–H groups in total. The number of nitrogens with zero attached hydrogens (tertiary/aromatic N) is 2. The van der Waals surface area contributed by atoms with E-state index in [-0.39, 0.29) is 10.0 Å². The lowest BCUT2D eigenvalue weighted by atomic mass is 10.4. The predicted octanol–water partition coefficient (Wildman–Crippen LogP) is 3.01. The van der Waals surface area contributed by atoms with Crippen LogP contribution in [0.2, 0.25) is 5.15 Å². The summed E-state index contributed by atoms with van der Waals surface area (Å²) in [7, 11) is -3.53. The summed E-state index contributed by atoms with van der Waals surface area (Å²) in [4.78, 5) is 4.98. The van der Waals surface area contributed by atoms with Crippen molar-refractivity contribution in [3.63, 3.8) is 0 Å². The molecule has 0 saturated carbocycles. The highest BCUT2D eigenvalue weighted by atomic mass is 35.5. The van der Waals surface area contributed by atoms with Gasteiger partial charge < -0.3 is 0 Å². The summed E-state index contributed by atoms with van der Waals surface area (Å²) in [5.74, 6) is 0. The fourth-order valence-corrected chi connectivity index (χ4v) is 4.12. The van der Waals surface area contributed by atoms with Crippen molar-refractivity contribution in [3.05, 3.63) is 45.9 Å². The third kappa shape index (κ3) is 3.33. The monoisotopic (exact) mass is 316 g/mol. The average Bonchev–Trinajstić information content (AvgIpc) is 2.88. The number of sulfonamides is 1. The Morgan fingerprint density at radius 1 is 1.42 bits per heavy atom. The minimum atomic E-state index is -3.53. The maximum atomic E-state index is 12.5. The van der Waals surface area contributed by atoms with Crippen LogP contribution in [0.5, 0.6) is 0 Å². The number of pyridine rings is 1. The molecule has 2 heterocycles. The smallest absolute Gasteiger partial charge is 0.243 e. The van der Waals surface area contributed by atoms with Crippen molar-refractivity contribution >= 4 is 33.0 Å². The number of rotatable bonds is 5. The minimum absolute atomic E-state index is 0.172. The van der Waals surface area contributed by atoms with E-state index in [0.717, 1.165) is 4.88 Å². The molecule has 102 valence electrons. The van der Waals surface area contributed by atoms with Gasteiger partial charge in [-0.05, 0) is 23.6 Å². The third-order valence-electron chi connectivity index (χ3n) is 2.60. The number of thiophene rings is 1. The molecule has 0 spiro atoms. The van der Waals surface area contributed by atoms with Gasteiger partial charge in [0.1, 0.15) is 5.15 Å². The fraction of sp³-hybridized carbons (Fsp3) is 0.250. The highest BCUT2D eigenvalue weighted by Gasteiger charge is 2.23. The van der Waals surface area contributed by atoms with Crippen LogP contribution >= 0.6 is 22.9 Å². The molecule has 0 radical (unpaired) electrons. The van der Waals surface area contributed by atoms with Crippen LogP contribution in [0.25, 0.3) is 0 Å². The first-order chi connectivity index (χ1) is 9.04. The van der Waals surface area contributed by atoms with Gasteiger partial charge in [0.15, 0.2) is 0 Å². The van der Waals surface area contributed by atoms with Crippen molar-refractivity contribution in [2.45, 2.75) is 18.4 Å². The minimum Gasteiger partial charge on any atom is -0.244 e. The lowest BCUT2D eigenvalue weighted by Gasteiger charge is -2.19. The molecule has 0 aliphatic rings. The van der Waals surface area contributed by atoms with Crippen LogP contribution in [0.1, 0.15) is 11.8 Å². The molecule has 0 amide bonds. The molecule has 2 rings (SSSR count). The van der Waals surface area contributed by atoms with Crippen molar-refractivity contribution < 1.29 is 8.42 Å². The van der Waals surface area contributed by atoms with Gasteiger partial charge in [0, 0.05) is 24.2 Å². The van der Waals surface area contributed by atoms with Crippen LogP contribution in [-0.4, -0.2) is 24.3 Å². The fourth-order valence-electron chi connectivity index (χ4n) is 1.64. The van der Waals surface area contributed by atoms with Crippen molar-refractivity contribution in [1.82, 2.24) is 9.29 Å². The van der Waals surface area contributed by atoms with Crippen molar-refractivity contribution in [1.29, 1.82) is 0 Å². The van der Waals surface area contributed by atoms with Crippen molar-refractivity contribution in [2.24, 2.45) is 0 Å². The molecule has 2 aromatic heterocycles. The molecule has 4 nitrogen and oxygen atoms in total. The number of hydrogen-bond donors (Lipinski definition) is 0. The summed E-state index contributed by atoms with van der Waals surface area (Å²) in [6.07, 6.45) is 1.40. The van der Waals surface area contributed by atoms with Gasteiger partial charge in [-0.15, -0.1) is 11.3 Å². The molecule has 0 aromatic carbocycles. The SMILES string of the molecule is CCN(Cc1cccs1)S(=O)(=O)c1ccnc(Cl)c1. The zero-order valence-corrected chi connectivity index (χ0v) is 12.7. The number of aromatic nitrogens is 1. The molecule has 0 aliphatic carbocycles. The molecule has 0 atom stereocenters. The van der Waals surface area contributed by atoms with Gasteiger partial charge in [0.2, 0.25) is 10.0 Å². The standard InChI is InChI=1S/C12H13ClN2O2S2/c1-2-15(9-10-4-3-7-18-10)19(16,17)11-5-6-14-12(13)8-11/h3-8H,2,9H2,1H3. The third-order valence-corrected chi connectivity index (χ3v) is 5.59. The highest BCUT2D eigenvalue weighted by Crippen LogP contribution is 2.21. The van der Waals surface area contributed by atoms with E-state index in [2.05, 4.69) is 4.98 Å². The zero-order valence-electron chi connectivity index (χ0n) is 10.3. The van der Waals surface area contributed by atoms with Gasteiger partial charge in [-0.3, -0.25) is 0 Å². The molecule has 0 bridgehead atoms. The molecular formula is C12H13ClN2O2S2. The summed E-state index contributed by atoms with van der Waals surface area (Å²) in [6, 6.07) is 6.65. The Bertz CT molecular complexity index is 642. The maximum Gasteiger partial charge on any atom is 0.243 e. The molecule has 2 aromatic rings. The van der Waals surface area contributed by atoms with Gasteiger partial charge in [-0.25, -0.2) is 13.4 Å². The van der Waals surface area contributed by atoms with E-state index in [4.69, 9.17) is 11.6 Å². The van der Waals surface area contributed by atoms with Gasteiger partial charge in [0.25, 0.3) is 0 Å². The van der Waals surface area contributed by atoms with Gasteiger partial charge in [-0.2, -0.15) is 4.31 Å². The summed E-state index contributed by atoms with van der Waals surface area (Å²) in [5.41, 5.74) is 0. The van der Waals surface area contributed by atoms with E-state index < -0.39 is 10.0 Å². The van der Waals surface area contributed by atoms with Gasteiger partial charge >= 0.3 is 0 Å². The molecule has 7 heteroatoms. The normalized spacial score (nSPS) is 11.9. The van der Waals surface area contributed by atoms with Crippen LogP contribution in [0.3, 0.4) is 0 Å². The first kappa shape index (κ1) is 14.5. The molecular weight excluding hydrogens is 304 g/mol. The summed E-state index contributed by atoms with van der Waals surface area (Å²) in [5, 5.41) is 2.10. The molecule has 0 unspecified atom stereocenters. The van der Waals surface area contributed by atoms with Gasteiger partial charge in [0.05, 0.1) is 4.90 Å². The van der Waals surface area contributed by atoms with Crippen LogP contribution in [0.15, 0.2) is 40.7 Å². The lowest BCUT2D eigenvalue weighted by Crippen LogP contribution is -2.30. The first-order valence-corrected chi connectivity index (χ1v) is 8.38. The van der Waals surface area contributed by atoms with Crippen LogP contribution in [-0.2, 0) is 16.6 Å². The second-order valence-electron chi connectivity index (χ2n) is 3.82. The Kier molecular flexibility index (Phi) is 4.57. The first-order valence-electron chi connectivity index (χ1n) is 5.68. The van der Waals surface area contributed by atoms with E-state index >= 15 is 0 Å². The van der Waals surface area contributed by atoms with E-state index in [9.17, 15) is 8.42 Å². The molecule has 0 fully saturated rings. The maximum absolute atomic E-state index is 12.5. The number of halogens is 1. The van der Waals surface area contributed by atoms with Crippen molar-refractivity contribution in [2.75, 3.05) is 6.54 Å². The Morgan fingerprint density at radius 2 is 2.21 bits per heavy atom. The average molecular weight is 317 g/mol. The second kappa shape index (κ2) is 6.00.